The van der Waals surface area contributed by atoms with Gasteiger partial charge in [0.15, 0.2) is 0 Å². The highest BCUT2D eigenvalue weighted by Crippen LogP contribution is 2.53. The lowest BCUT2D eigenvalue weighted by molar-refractivity contribution is -0.152. The molecular weight excluding hydrogens is 330 g/mol. The maximum atomic E-state index is 13.1. The van der Waals surface area contributed by atoms with Crippen molar-refractivity contribution in [3.05, 3.63) is 41.4 Å². The molecule has 3 heterocycles. The van der Waals surface area contributed by atoms with Crippen molar-refractivity contribution in [3.8, 4) is 0 Å². The molecule has 0 saturated carbocycles. The van der Waals surface area contributed by atoms with Crippen molar-refractivity contribution >= 4 is 29.2 Å². The summed E-state index contributed by atoms with van der Waals surface area (Å²) in [5.41, 5.74) is -0.106. The van der Waals surface area contributed by atoms with Crippen LogP contribution in [0.1, 0.15) is 13.3 Å². The van der Waals surface area contributed by atoms with Crippen LogP contribution in [0.15, 0.2) is 36.4 Å². The first kappa shape index (κ1) is 15.7. The molecule has 4 rings (SSSR count). The van der Waals surface area contributed by atoms with Crippen LogP contribution in [-0.4, -0.2) is 36.7 Å². The number of ether oxygens (including phenoxy) is 2. The second-order valence-corrected chi connectivity index (χ2v) is 6.85. The number of benzene rings is 1. The number of hydrogen-bond donors (Lipinski definition) is 0. The average Bonchev–Trinajstić information content (AvgIpc) is 3.21. The van der Waals surface area contributed by atoms with Gasteiger partial charge in [0.1, 0.15) is 11.5 Å². The summed E-state index contributed by atoms with van der Waals surface area (Å²) in [5.74, 6) is -1.62. The summed E-state index contributed by atoms with van der Waals surface area (Å²) in [5, 5.41) is 0.505. The first-order valence-corrected chi connectivity index (χ1v) is 8.55. The third-order valence-corrected chi connectivity index (χ3v) is 5.28. The summed E-state index contributed by atoms with van der Waals surface area (Å²) in [6, 6.07) is 7.20. The molecule has 0 aliphatic carbocycles. The van der Waals surface area contributed by atoms with Crippen molar-refractivity contribution < 1.29 is 19.1 Å². The molecule has 1 spiro atoms. The second-order valence-electron chi connectivity index (χ2n) is 6.44. The van der Waals surface area contributed by atoms with Crippen LogP contribution in [-0.2, 0) is 19.1 Å². The Balaban J connectivity index is 1.67. The Morgan fingerprint density at radius 3 is 3.00 bits per heavy atom. The fourth-order valence-electron chi connectivity index (χ4n) is 3.94. The van der Waals surface area contributed by atoms with Crippen LogP contribution in [0.2, 0.25) is 5.02 Å². The van der Waals surface area contributed by atoms with Crippen molar-refractivity contribution in [2.24, 2.45) is 11.8 Å². The Labute approximate surface area is 145 Å². The number of carbonyl (C=O) groups excluding carboxylic acids is 2. The summed E-state index contributed by atoms with van der Waals surface area (Å²) < 4.78 is 11.3. The van der Waals surface area contributed by atoms with Gasteiger partial charge in [-0.15, -0.1) is 0 Å². The molecule has 3 aliphatic rings. The minimum absolute atomic E-state index is 0.131. The number of carbonyl (C=O) groups is 2. The predicted molar refractivity (Wildman–Crippen MR) is 88.8 cm³/mol. The molecule has 0 radical (unpaired) electrons. The van der Waals surface area contributed by atoms with Gasteiger partial charge in [-0.2, -0.15) is 0 Å². The molecule has 4 atom stereocenters. The summed E-state index contributed by atoms with van der Waals surface area (Å²) >= 11 is 6.25. The molecule has 126 valence electrons. The van der Waals surface area contributed by atoms with Crippen LogP contribution in [0.25, 0.3) is 0 Å². The number of fused-ring (bicyclic) bond motifs is 1. The van der Waals surface area contributed by atoms with Crippen LogP contribution in [0.4, 0.5) is 5.69 Å². The lowest BCUT2D eigenvalue weighted by Gasteiger charge is -2.22. The monoisotopic (exact) mass is 347 g/mol. The van der Waals surface area contributed by atoms with Gasteiger partial charge in [0.25, 0.3) is 0 Å². The summed E-state index contributed by atoms with van der Waals surface area (Å²) in [6.45, 7) is 2.66. The highest BCUT2D eigenvalue weighted by molar-refractivity contribution is 6.34. The molecule has 0 unspecified atom stereocenters. The normalized spacial score (nSPS) is 33.2. The summed E-state index contributed by atoms with van der Waals surface area (Å²) in [6.07, 6.45) is 4.16. The Kier molecular flexibility index (Phi) is 3.66. The number of para-hydroxylation sites is 1. The minimum Gasteiger partial charge on any atom is -0.465 e. The maximum Gasteiger partial charge on any atom is 0.312 e. The number of anilines is 1. The van der Waals surface area contributed by atoms with Crippen molar-refractivity contribution in [2.75, 3.05) is 18.1 Å². The first-order chi connectivity index (χ1) is 11.6. The topological polar surface area (TPSA) is 55.8 Å². The summed E-state index contributed by atoms with van der Waals surface area (Å²) in [7, 11) is 0. The fourth-order valence-corrected chi connectivity index (χ4v) is 4.18. The number of halogens is 1. The molecule has 0 aromatic heterocycles. The van der Waals surface area contributed by atoms with E-state index in [2.05, 4.69) is 0 Å². The van der Waals surface area contributed by atoms with Crippen LogP contribution in [0.5, 0.6) is 0 Å². The van der Waals surface area contributed by atoms with Gasteiger partial charge in [0, 0.05) is 0 Å². The van der Waals surface area contributed by atoms with E-state index in [0.29, 0.717) is 23.9 Å². The van der Waals surface area contributed by atoms with Gasteiger partial charge in [-0.05, 0) is 18.6 Å². The van der Waals surface area contributed by atoms with Crippen molar-refractivity contribution in [2.45, 2.75) is 25.0 Å². The molecule has 1 aromatic carbocycles. The predicted octanol–water partition coefficient (Wildman–Crippen LogP) is 2.58. The Morgan fingerprint density at radius 1 is 1.46 bits per heavy atom. The standard InChI is InChI=1S/C18H18ClNO4/c1-2-9-23-17(22)14-13-7-8-18(24-13)10-20(16(21)15(14)18)12-6-4-3-5-11(12)19/h3-8,13-15H,2,9-10H2,1H3/t13-,14-,15+,18+/m1/s1. The maximum absolute atomic E-state index is 13.1. The van der Waals surface area contributed by atoms with E-state index in [0.717, 1.165) is 6.42 Å². The molecule has 3 aliphatic heterocycles. The third kappa shape index (κ3) is 2.11. The lowest BCUT2D eigenvalue weighted by atomic mass is 9.77. The quantitative estimate of drug-likeness (QED) is 0.620. The van der Waals surface area contributed by atoms with E-state index in [1.165, 1.54) is 0 Å². The largest absolute Gasteiger partial charge is 0.465 e. The van der Waals surface area contributed by atoms with E-state index in [1.807, 2.05) is 31.2 Å². The van der Waals surface area contributed by atoms with Crippen molar-refractivity contribution in [1.82, 2.24) is 0 Å². The Hall–Kier alpha value is -1.85. The lowest BCUT2D eigenvalue weighted by Crippen LogP contribution is -2.40. The molecule has 24 heavy (non-hydrogen) atoms. The molecule has 2 saturated heterocycles. The Morgan fingerprint density at radius 2 is 2.25 bits per heavy atom. The first-order valence-electron chi connectivity index (χ1n) is 8.17. The number of rotatable bonds is 4. The molecule has 6 heteroatoms. The smallest absolute Gasteiger partial charge is 0.312 e. The molecule has 0 N–H and O–H groups in total. The van der Waals surface area contributed by atoms with Gasteiger partial charge in [-0.1, -0.05) is 42.8 Å². The number of esters is 1. The second kappa shape index (κ2) is 5.60. The Bertz CT molecular complexity index is 733. The average molecular weight is 348 g/mol. The zero-order chi connectivity index (χ0) is 16.9. The fraction of sp³-hybridized carbons (Fsp3) is 0.444. The third-order valence-electron chi connectivity index (χ3n) is 4.96. The van der Waals surface area contributed by atoms with Crippen LogP contribution < -0.4 is 4.90 Å². The van der Waals surface area contributed by atoms with Gasteiger partial charge >= 0.3 is 5.97 Å². The molecule has 1 aromatic rings. The van der Waals surface area contributed by atoms with E-state index in [1.54, 1.807) is 17.0 Å². The highest BCUT2D eigenvalue weighted by atomic mass is 35.5. The van der Waals surface area contributed by atoms with E-state index in [-0.39, 0.29) is 18.0 Å². The molecule has 1 amide bonds. The molecular formula is C18H18ClNO4. The van der Waals surface area contributed by atoms with Crippen molar-refractivity contribution in [3.63, 3.8) is 0 Å². The van der Waals surface area contributed by atoms with Gasteiger partial charge in [0.2, 0.25) is 5.91 Å². The molecule has 2 fully saturated rings. The zero-order valence-electron chi connectivity index (χ0n) is 13.3. The van der Waals surface area contributed by atoms with E-state index >= 15 is 0 Å². The van der Waals surface area contributed by atoms with Crippen LogP contribution in [0.3, 0.4) is 0 Å². The van der Waals surface area contributed by atoms with Crippen LogP contribution >= 0.6 is 11.6 Å². The highest BCUT2D eigenvalue weighted by Gasteiger charge is 2.67. The van der Waals surface area contributed by atoms with Crippen LogP contribution in [0, 0.1) is 11.8 Å². The van der Waals surface area contributed by atoms with Crippen molar-refractivity contribution in [1.29, 1.82) is 0 Å². The van der Waals surface area contributed by atoms with Gasteiger partial charge in [-0.25, -0.2) is 0 Å². The van der Waals surface area contributed by atoms with E-state index < -0.39 is 17.4 Å². The number of hydrogen-bond acceptors (Lipinski definition) is 4. The van der Waals surface area contributed by atoms with E-state index in [4.69, 9.17) is 21.1 Å². The SMILES string of the molecule is CCCOC(=O)[C@H]1[C@H]2C(=O)N(c3ccccc3Cl)C[C@@]23C=C[C@H]1O3. The number of nitrogens with zero attached hydrogens (tertiary/aromatic N) is 1. The summed E-state index contributed by atoms with van der Waals surface area (Å²) in [4.78, 5) is 27.1. The van der Waals surface area contributed by atoms with E-state index in [9.17, 15) is 9.59 Å². The minimum atomic E-state index is -0.753. The van der Waals surface area contributed by atoms with Gasteiger partial charge in [0.05, 0.1) is 35.9 Å². The zero-order valence-corrected chi connectivity index (χ0v) is 14.0. The number of amides is 1. The molecule has 2 bridgehead atoms. The van der Waals surface area contributed by atoms with Gasteiger partial charge < -0.3 is 14.4 Å². The molecule has 5 nitrogen and oxygen atoms in total. The van der Waals surface area contributed by atoms with Gasteiger partial charge in [-0.3, -0.25) is 9.59 Å².